The Hall–Kier alpha value is -1.99. The summed E-state index contributed by atoms with van der Waals surface area (Å²) in [6.07, 6.45) is 9.69. The maximum absolute atomic E-state index is 11.9. The molecule has 3 heterocycles. The van der Waals surface area contributed by atoms with E-state index in [4.69, 9.17) is 16.3 Å². The Kier molecular flexibility index (Phi) is 5.11. The fourth-order valence-corrected chi connectivity index (χ4v) is 2.81. The molecule has 8 heteroatoms. The highest BCUT2D eigenvalue weighted by atomic mass is 35.5. The van der Waals surface area contributed by atoms with Gasteiger partial charge < -0.3 is 10.1 Å². The Morgan fingerprint density at radius 1 is 1.38 bits per heavy atom. The molecule has 1 amide bonds. The number of carbonyl (C=O) groups is 1. The van der Waals surface area contributed by atoms with Crippen molar-refractivity contribution in [3.63, 3.8) is 0 Å². The van der Waals surface area contributed by atoms with Crippen molar-refractivity contribution in [1.29, 1.82) is 0 Å². The van der Waals surface area contributed by atoms with Gasteiger partial charge in [0.1, 0.15) is 12.1 Å². The van der Waals surface area contributed by atoms with Crippen molar-refractivity contribution in [2.24, 2.45) is 0 Å². The van der Waals surface area contributed by atoms with Crippen molar-refractivity contribution in [3.05, 3.63) is 41.2 Å². The van der Waals surface area contributed by atoms with Crippen LogP contribution < -0.4 is 5.32 Å². The zero-order valence-electron chi connectivity index (χ0n) is 13.5. The number of halogens is 1. The maximum atomic E-state index is 11.9. The molecule has 1 aliphatic rings. The first-order chi connectivity index (χ1) is 11.5. The highest BCUT2D eigenvalue weighted by Crippen LogP contribution is 2.32. The largest absolute Gasteiger partial charge is 0.367 e. The molecular formula is C16H20ClN5O2. The van der Waals surface area contributed by atoms with Gasteiger partial charge in [0, 0.05) is 37.3 Å². The molecule has 0 unspecified atom stereocenters. The molecule has 2 aromatic heterocycles. The lowest BCUT2D eigenvalue weighted by molar-refractivity contribution is -0.122. The summed E-state index contributed by atoms with van der Waals surface area (Å²) in [4.78, 5) is 20.7. The van der Waals surface area contributed by atoms with Gasteiger partial charge in [-0.15, -0.1) is 0 Å². The summed E-state index contributed by atoms with van der Waals surface area (Å²) < 4.78 is 7.33. The molecule has 0 bridgehead atoms. The first-order valence-electron chi connectivity index (χ1n) is 7.95. The Balaban J connectivity index is 1.53. The van der Waals surface area contributed by atoms with Gasteiger partial charge >= 0.3 is 0 Å². The van der Waals surface area contributed by atoms with Crippen LogP contribution in [0, 0.1) is 0 Å². The third kappa shape index (κ3) is 4.10. The monoisotopic (exact) mass is 349 g/mol. The topological polar surface area (TPSA) is 81.9 Å². The molecule has 2 aromatic rings. The zero-order valence-corrected chi connectivity index (χ0v) is 14.3. The summed E-state index contributed by atoms with van der Waals surface area (Å²) in [5, 5.41) is 7.28. The Morgan fingerprint density at radius 2 is 2.17 bits per heavy atom. The molecule has 1 saturated heterocycles. The smallest absolute Gasteiger partial charge is 0.242 e. The number of nitrogens with one attached hydrogen (secondary N) is 1. The van der Waals surface area contributed by atoms with Crippen molar-refractivity contribution in [3.8, 4) is 0 Å². The number of hydrogen-bond acceptors (Lipinski definition) is 5. The van der Waals surface area contributed by atoms with Crippen LogP contribution in [0.3, 0.4) is 0 Å². The summed E-state index contributed by atoms with van der Waals surface area (Å²) in [5.74, 6) is 0.546. The van der Waals surface area contributed by atoms with Crippen molar-refractivity contribution < 1.29 is 9.53 Å². The number of aromatic nitrogens is 4. The molecule has 24 heavy (non-hydrogen) atoms. The number of hydrogen-bond donors (Lipinski definition) is 1. The van der Waals surface area contributed by atoms with Crippen molar-refractivity contribution in [2.45, 2.75) is 44.9 Å². The predicted molar refractivity (Wildman–Crippen MR) is 88.3 cm³/mol. The molecule has 128 valence electrons. The van der Waals surface area contributed by atoms with Gasteiger partial charge in [0.15, 0.2) is 5.82 Å². The molecule has 1 aliphatic heterocycles. The Morgan fingerprint density at radius 3 is 2.79 bits per heavy atom. The van der Waals surface area contributed by atoms with E-state index in [0.29, 0.717) is 17.4 Å². The molecule has 1 fully saturated rings. The molecule has 0 aliphatic carbocycles. The van der Waals surface area contributed by atoms with Gasteiger partial charge in [-0.3, -0.25) is 9.48 Å². The minimum atomic E-state index is -0.403. The summed E-state index contributed by atoms with van der Waals surface area (Å²) in [6, 6.07) is 0. The van der Waals surface area contributed by atoms with Crippen LogP contribution in [0.5, 0.6) is 0 Å². The minimum Gasteiger partial charge on any atom is -0.367 e. The number of amides is 1. The summed E-state index contributed by atoms with van der Waals surface area (Å²) >= 11 is 5.77. The average Bonchev–Trinajstić information content (AvgIpc) is 2.99. The predicted octanol–water partition coefficient (Wildman–Crippen LogP) is 2.06. The number of carbonyl (C=O) groups excluding carboxylic acids is 1. The van der Waals surface area contributed by atoms with Crippen LogP contribution in [0.25, 0.3) is 0 Å². The normalized spacial score (nSPS) is 20.8. The second kappa shape index (κ2) is 7.27. The van der Waals surface area contributed by atoms with Crippen LogP contribution in [-0.2, 0) is 28.2 Å². The van der Waals surface area contributed by atoms with Crippen LogP contribution >= 0.6 is 11.6 Å². The highest BCUT2D eigenvalue weighted by Gasteiger charge is 2.32. The zero-order chi connectivity index (χ0) is 17.0. The lowest BCUT2D eigenvalue weighted by Gasteiger charge is -2.32. The van der Waals surface area contributed by atoms with E-state index in [1.165, 1.54) is 10.9 Å². The van der Waals surface area contributed by atoms with Gasteiger partial charge in [0.2, 0.25) is 5.91 Å². The summed E-state index contributed by atoms with van der Waals surface area (Å²) in [7, 11) is 0. The van der Waals surface area contributed by atoms with Crippen molar-refractivity contribution in [1.82, 2.24) is 25.1 Å². The van der Waals surface area contributed by atoms with Crippen molar-refractivity contribution in [2.75, 3.05) is 6.61 Å². The van der Waals surface area contributed by atoms with E-state index in [-0.39, 0.29) is 12.5 Å². The molecule has 0 aromatic carbocycles. The van der Waals surface area contributed by atoms with Crippen LogP contribution in [0.4, 0.5) is 0 Å². The van der Waals surface area contributed by atoms with Gasteiger partial charge in [-0.1, -0.05) is 11.6 Å². The first-order valence-corrected chi connectivity index (χ1v) is 8.33. The standard InChI is InChI=1S/C16H20ClN5O2/c1-16(4-2-3-5-24-16)15-19-7-12(8-20-15)6-18-14(23)11-22-10-13(17)9-21-22/h7-10H,2-6,11H2,1H3,(H,18,23)/t16-/m0/s1. The SMILES string of the molecule is C[C@@]1(c2ncc(CNC(=O)Cn3cc(Cl)cn3)cn2)CCCCO1. The third-order valence-corrected chi connectivity index (χ3v) is 4.24. The lowest BCUT2D eigenvalue weighted by atomic mass is 9.95. The molecule has 1 N–H and O–H groups in total. The van der Waals surface area contributed by atoms with Gasteiger partial charge in [-0.05, 0) is 26.2 Å². The minimum absolute atomic E-state index is 0.123. The van der Waals surface area contributed by atoms with Gasteiger partial charge in [0.25, 0.3) is 0 Å². The van der Waals surface area contributed by atoms with E-state index < -0.39 is 5.60 Å². The van der Waals surface area contributed by atoms with Gasteiger partial charge in [-0.25, -0.2) is 9.97 Å². The number of rotatable bonds is 5. The number of nitrogens with zero attached hydrogens (tertiary/aromatic N) is 4. The van der Waals surface area contributed by atoms with E-state index in [2.05, 4.69) is 20.4 Å². The van der Waals surface area contributed by atoms with E-state index in [9.17, 15) is 4.79 Å². The van der Waals surface area contributed by atoms with Gasteiger partial charge in [0.05, 0.1) is 11.2 Å². The molecule has 0 saturated carbocycles. The fourth-order valence-electron chi connectivity index (χ4n) is 2.66. The molecule has 0 radical (unpaired) electrons. The van der Waals surface area contributed by atoms with E-state index >= 15 is 0 Å². The Bertz CT molecular complexity index is 695. The molecule has 0 spiro atoms. The molecule has 7 nitrogen and oxygen atoms in total. The van der Waals surface area contributed by atoms with Crippen LogP contribution in [0.2, 0.25) is 5.02 Å². The quantitative estimate of drug-likeness (QED) is 0.893. The highest BCUT2D eigenvalue weighted by molar-refractivity contribution is 6.30. The van der Waals surface area contributed by atoms with E-state index in [0.717, 1.165) is 31.4 Å². The molecule has 3 rings (SSSR count). The van der Waals surface area contributed by atoms with Crippen LogP contribution in [0.15, 0.2) is 24.8 Å². The summed E-state index contributed by atoms with van der Waals surface area (Å²) in [5.41, 5.74) is 0.435. The number of ether oxygens (including phenoxy) is 1. The third-order valence-electron chi connectivity index (χ3n) is 4.04. The fraction of sp³-hybridized carbons (Fsp3) is 0.500. The lowest BCUT2D eigenvalue weighted by Crippen LogP contribution is -2.32. The first kappa shape index (κ1) is 16.9. The maximum Gasteiger partial charge on any atom is 0.242 e. The van der Waals surface area contributed by atoms with Crippen LogP contribution in [0.1, 0.15) is 37.6 Å². The van der Waals surface area contributed by atoms with E-state index in [1.807, 2.05) is 6.92 Å². The summed E-state index contributed by atoms with van der Waals surface area (Å²) in [6.45, 7) is 3.26. The Labute approximate surface area is 145 Å². The molecular weight excluding hydrogens is 330 g/mol. The molecule has 1 atom stereocenters. The van der Waals surface area contributed by atoms with Crippen LogP contribution in [-0.4, -0.2) is 32.3 Å². The van der Waals surface area contributed by atoms with Crippen molar-refractivity contribution >= 4 is 17.5 Å². The average molecular weight is 350 g/mol. The second-order valence-corrected chi connectivity index (χ2v) is 6.52. The van der Waals surface area contributed by atoms with E-state index in [1.54, 1.807) is 18.6 Å². The van der Waals surface area contributed by atoms with Gasteiger partial charge in [-0.2, -0.15) is 5.10 Å². The second-order valence-electron chi connectivity index (χ2n) is 6.08.